The van der Waals surface area contributed by atoms with Gasteiger partial charge in [-0.1, -0.05) is 18.2 Å². The Kier molecular flexibility index (Phi) is 4.99. The number of rotatable bonds is 4. The van der Waals surface area contributed by atoms with Crippen LogP contribution < -0.4 is 10.1 Å². The Morgan fingerprint density at radius 1 is 1.08 bits per heavy atom. The van der Waals surface area contributed by atoms with Crippen LogP contribution in [-0.4, -0.2) is 13.0 Å². The molecular weight excluding hydrogens is 363 g/mol. The van der Waals surface area contributed by atoms with Crippen LogP contribution in [0.15, 0.2) is 60.0 Å². The molecule has 134 valence electrons. The molecule has 7 heteroatoms. The summed E-state index contributed by atoms with van der Waals surface area (Å²) in [5, 5.41) is 4.44. The van der Waals surface area contributed by atoms with Gasteiger partial charge in [0.15, 0.2) is 0 Å². The average molecular weight is 377 g/mol. The largest absolute Gasteiger partial charge is 0.497 e. The molecule has 0 spiro atoms. The second kappa shape index (κ2) is 7.21. The Hall–Kier alpha value is -2.80. The summed E-state index contributed by atoms with van der Waals surface area (Å²) in [5.41, 5.74) is 0.447. The predicted molar refractivity (Wildman–Crippen MR) is 95.7 cm³/mol. The first kappa shape index (κ1) is 18.0. The van der Waals surface area contributed by atoms with E-state index in [4.69, 9.17) is 4.74 Å². The fraction of sp³-hybridized carbons (Fsp3) is 0.105. The Balaban J connectivity index is 1.81. The topological polar surface area (TPSA) is 38.3 Å². The molecule has 0 radical (unpaired) electrons. The van der Waals surface area contributed by atoms with Crippen LogP contribution in [-0.2, 0) is 6.18 Å². The van der Waals surface area contributed by atoms with E-state index < -0.39 is 17.6 Å². The molecule has 0 aliphatic heterocycles. The number of alkyl halides is 3. The Bertz CT molecular complexity index is 904. The smallest absolute Gasteiger partial charge is 0.416 e. The molecule has 0 fully saturated rings. The van der Waals surface area contributed by atoms with Gasteiger partial charge in [0.05, 0.1) is 12.7 Å². The van der Waals surface area contributed by atoms with Crippen LogP contribution in [0.3, 0.4) is 0 Å². The van der Waals surface area contributed by atoms with Gasteiger partial charge >= 0.3 is 6.18 Å². The molecule has 3 nitrogen and oxygen atoms in total. The maximum absolute atomic E-state index is 13.0. The van der Waals surface area contributed by atoms with E-state index in [0.29, 0.717) is 5.56 Å². The van der Waals surface area contributed by atoms with Crippen molar-refractivity contribution in [3.63, 3.8) is 0 Å². The van der Waals surface area contributed by atoms with Crippen molar-refractivity contribution in [2.24, 2.45) is 0 Å². The highest BCUT2D eigenvalue weighted by molar-refractivity contribution is 7.13. The van der Waals surface area contributed by atoms with E-state index in [2.05, 4.69) is 5.32 Å². The molecule has 0 saturated heterocycles. The van der Waals surface area contributed by atoms with E-state index in [0.717, 1.165) is 22.6 Å². The van der Waals surface area contributed by atoms with Gasteiger partial charge in [0.25, 0.3) is 5.91 Å². The second-order valence-corrected chi connectivity index (χ2v) is 6.40. The van der Waals surface area contributed by atoms with Gasteiger partial charge in [0.2, 0.25) is 0 Å². The highest BCUT2D eigenvalue weighted by Gasteiger charge is 2.31. The van der Waals surface area contributed by atoms with Crippen molar-refractivity contribution in [1.82, 2.24) is 0 Å². The number of ether oxygens (including phenoxy) is 1. The van der Waals surface area contributed by atoms with Crippen molar-refractivity contribution in [3.8, 4) is 16.2 Å². The number of hydrogen-bond donors (Lipinski definition) is 1. The number of thiophene rings is 1. The molecule has 0 saturated carbocycles. The van der Waals surface area contributed by atoms with Gasteiger partial charge in [-0.2, -0.15) is 13.2 Å². The van der Waals surface area contributed by atoms with E-state index >= 15 is 0 Å². The summed E-state index contributed by atoms with van der Waals surface area (Å²) in [7, 11) is 1.27. The summed E-state index contributed by atoms with van der Waals surface area (Å²) in [5.74, 6) is -0.479. The van der Waals surface area contributed by atoms with Gasteiger partial charge in [-0.05, 0) is 41.3 Å². The lowest BCUT2D eigenvalue weighted by Gasteiger charge is -2.12. The first-order valence-electron chi connectivity index (χ1n) is 7.58. The van der Waals surface area contributed by atoms with Crippen LogP contribution in [0.2, 0.25) is 0 Å². The first-order chi connectivity index (χ1) is 12.4. The minimum atomic E-state index is -4.53. The fourth-order valence-corrected chi connectivity index (χ4v) is 3.12. The summed E-state index contributed by atoms with van der Waals surface area (Å²) >= 11 is 1.58. The number of anilines is 1. The number of carbonyl (C=O) groups is 1. The van der Waals surface area contributed by atoms with Gasteiger partial charge in [0.1, 0.15) is 5.75 Å². The van der Waals surface area contributed by atoms with Crippen molar-refractivity contribution in [1.29, 1.82) is 0 Å². The quantitative estimate of drug-likeness (QED) is 0.634. The number of carbonyl (C=O) groups excluding carboxylic acids is 1. The molecule has 1 heterocycles. The normalized spacial score (nSPS) is 11.2. The number of benzene rings is 2. The predicted octanol–water partition coefficient (Wildman–Crippen LogP) is 5.69. The Morgan fingerprint density at radius 2 is 1.81 bits per heavy atom. The highest BCUT2D eigenvalue weighted by atomic mass is 32.1. The second-order valence-electron chi connectivity index (χ2n) is 5.46. The number of methoxy groups -OCH3 is 1. The summed E-state index contributed by atoms with van der Waals surface area (Å²) in [6.07, 6.45) is -4.53. The fourth-order valence-electron chi connectivity index (χ4n) is 2.38. The lowest BCUT2D eigenvalue weighted by molar-refractivity contribution is -0.137. The van der Waals surface area contributed by atoms with Gasteiger partial charge < -0.3 is 10.1 Å². The van der Waals surface area contributed by atoms with E-state index in [1.165, 1.54) is 13.2 Å². The Labute approximate surface area is 152 Å². The molecule has 3 aromatic rings. The molecule has 1 aromatic heterocycles. The third-order valence-electron chi connectivity index (χ3n) is 3.68. The van der Waals surface area contributed by atoms with E-state index in [1.807, 2.05) is 17.5 Å². The van der Waals surface area contributed by atoms with E-state index in [9.17, 15) is 18.0 Å². The zero-order valence-corrected chi connectivity index (χ0v) is 14.4. The molecule has 0 unspecified atom stereocenters. The Morgan fingerprint density at radius 3 is 2.38 bits per heavy atom. The molecule has 3 rings (SSSR count). The summed E-state index contributed by atoms with van der Waals surface area (Å²) in [4.78, 5) is 13.4. The third-order valence-corrected chi connectivity index (χ3v) is 4.60. The standard InChI is InChI=1S/C19H14F3NO2S/c1-25-16-10-14(19(20,21)22)9-15(11-16)23-18(24)13-6-4-12(5-7-13)17-3-2-8-26-17/h2-11H,1H3,(H,23,24). The highest BCUT2D eigenvalue weighted by Crippen LogP contribution is 2.34. The lowest BCUT2D eigenvalue weighted by atomic mass is 10.1. The number of nitrogens with one attached hydrogen (secondary N) is 1. The van der Waals surface area contributed by atoms with Crippen LogP contribution >= 0.6 is 11.3 Å². The van der Waals surface area contributed by atoms with E-state index in [-0.39, 0.29) is 11.4 Å². The summed E-state index contributed by atoms with van der Waals surface area (Å²) in [6.45, 7) is 0. The van der Waals surface area contributed by atoms with Crippen molar-refractivity contribution < 1.29 is 22.7 Å². The van der Waals surface area contributed by atoms with Gasteiger partial charge in [-0.3, -0.25) is 4.79 Å². The molecule has 1 amide bonds. The molecule has 0 aliphatic carbocycles. The average Bonchev–Trinajstić information content (AvgIpc) is 3.15. The summed E-state index contributed by atoms with van der Waals surface area (Å²) < 4.78 is 43.8. The zero-order chi connectivity index (χ0) is 18.7. The van der Waals surface area contributed by atoms with Crippen LogP contribution in [0, 0.1) is 0 Å². The van der Waals surface area contributed by atoms with Gasteiger partial charge in [-0.25, -0.2) is 0 Å². The molecule has 26 heavy (non-hydrogen) atoms. The number of halogens is 3. The third kappa shape index (κ3) is 4.05. The monoisotopic (exact) mass is 377 g/mol. The molecule has 2 aromatic carbocycles. The maximum Gasteiger partial charge on any atom is 0.416 e. The van der Waals surface area contributed by atoms with Crippen LogP contribution in [0.4, 0.5) is 18.9 Å². The molecule has 1 N–H and O–H groups in total. The minimum absolute atomic E-state index is 0.0168. The molecular formula is C19H14F3NO2S. The first-order valence-corrected chi connectivity index (χ1v) is 8.46. The van der Waals surface area contributed by atoms with Gasteiger partial charge in [0, 0.05) is 22.2 Å². The van der Waals surface area contributed by atoms with Crippen LogP contribution in [0.25, 0.3) is 10.4 Å². The van der Waals surface area contributed by atoms with E-state index in [1.54, 1.807) is 35.6 Å². The number of hydrogen-bond acceptors (Lipinski definition) is 3. The van der Waals surface area contributed by atoms with Crippen molar-refractivity contribution in [2.45, 2.75) is 6.18 Å². The lowest BCUT2D eigenvalue weighted by Crippen LogP contribution is -2.13. The van der Waals surface area contributed by atoms with Crippen molar-refractivity contribution >= 4 is 22.9 Å². The SMILES string of the molecule is COc1cc(NC(=O)c2ccc(-c3cccs3)cc2)cc(C(F)(F)F)c1. The number of amides is 1. The van der Waals surface area contributed by atoms with Crippen LogP contribution in [0.1, 0.15) is 15.9 Å². The van der Waals surface area contributed by atoms with Crippen molar-refractivity contribution in [3.05, 3.63) is 71.1 Å². The summed E-state index contributed by atoms with van der Waals surface area (Å²) in [6, 6.07) is 13.9. The van der Waals surface area contributed by atoms with Crippen molar-refractivity contribution in [2.75, 3.05) is 12.4 Å². The van der Waals surface area contributed by atoms with Crippen LogP contribution in [0.5, 0.6) is 5.75 Å². The zero-order valence-electron chi connectivity index (χ0n) is 13.6. The van der Waals surface area contributed by atoms with Gasteiger partial charge in [-0.15, -0.1) is 11.3 Å². The minimum Gasteiger partial charge on any atom is -0.497 e. The maximum atomic E-state index is 13.0. The molecule has 0 aliphatic rings. The molecule has 0 atom stereocenters. The molecule has 0 bridgehead atoms.